The Hall–Kier alpha value is -4.84. The smallest absolute Gasteiger partial charge is 0.278 e. The molecule has 0 aliphatic heterocycles. The molecule has 6 nitrogen and oxygen atoms in total. The molecule has 0 spiro atoms. The first-order valence-electron chi connectivity index (χ1n) is 13.6. The maximum Gasteiger partial charge on any atom is 0.278 e. The SMILES string of the molecule is CN(C)c1ccc(-c2oc(-c3ccc(C(C)(C)C)cc3)nc2C(=O)Nc2cccc(OCc3ccccc3)c2)cc1. The molecular formula is C35H35N3O3. The van der Waals surface area contributed by atoms with E-state index in [1.54, 1.807) is 6.07 Å². The molecule has 0 atom stereocenters. The summed E-state index contributed by atoms with van der Waals surface area (Å²) in [5.41, 5.74) is 5.74. The number of hydrogen-bond donors (Lipinski definition) is 1. The van der Waals surface area contributed by atoms with Crippen molar-refractivity contribution in [1.82, 2.24) is 4.98 Å². The van der Waals surface area contributed by atoms with Crippen molar-refractivity contribution < 1.29 is 13.9 Å². The molecule has 0 unspecified atom stereocenters. The monoisotopic (exact) mass is 545 g/mol. The fourth-order valence-electron chi connectivity index (χ4n) is 4.41. The third-order valence-electron chi connectivity index (χ3n) is 6.83. The van der Waals surface area contributed by atoms with Gasteiger partial charge in [-0.25, -0.2) is 4.98 Å². The molecule has 0 fully saturated rings. The number of aromatic nitrogens is 1. The topological polar surface area (TPSA) is 67.6 Å². The lowest BCUT2D eigenvalue weighted by Crippen LogP contribution is -2.13. The van der Waals surface area contributed by atoms with Gasteiger partial charge < -0.3 is 19.4 Å². The predicted molar refractivity (Wildman–Crippen MR) is 166 cm³/mol. The first kappa shape index (κ1) is 27.7. The van der Waals surface area contributed by atoms with Gasteiger partial charge in [0.2, 0.25) is 5.89 Å². The highest BCUT2D eigenvalue weighted by molar-refractivity contribution is 6.07. The van der Waals surface area contributed by atoms with Crippen LogP contribution in [0.5, 0.6) is 5.75 Å². The van der Waals surface area contributed by atoms with Gasteiger partial charge in [-0.15, -0.1) is 0 Å². The summed E-state index contributed by atoms with van der Waals surface area (Å²) in [4.78, 5) is 20.3. The number of oxazole rings is 1. The Bertz CT molecular complexity index is 1610. The van der Waals surface area contributed by atoms with Crippen LogP contribution in [0.1, 0.15) is 42.4 Å². The van der Waals surface area contributed by atoms with Crippen LogP contribution in [0.3, 0.4) is 0 Å². The number of carbonyl (C=O) groups excluding carboxylic acids is 1. The average molecular weight is 546 g/mol. The number of nitrogens with zero attached hydrogens (tertiary/aromatic N) is 2. The van der Waals surface area contributed by atoms with Gasteiger partial charge in [0.05, 0.1) is 0 Å². The van der Waals surface area contributed by atoms with Crippen LogP contribution in [-0.4, -0.2) is 25.0 Å². The zero-order valence-corrected chi connectivity index (χ0v) is 24.1. The Morgan fingerprint density at radius 1 is 0.854 bits per heavy atom. The number of benzene rings is 4. The van der Waals surface area contributed by atoms with E-state index < -0.39 is 0 Å². The molecule has 0 saturated carbocycles. The number of nitrogens with one attached hydrogen (secondary N) is 1. The van der Waals surface area contributed by atoms with Gasteiger partial charge in [-0.3, -0.25) is 4.79 Å². The van der Waals surface area contributed by atoms with Gasteiger partial charge >= 0.3 is 0 Å². The number of rotatable bonds is 8. The molecule has 1 amide bonds. The van der Waals surface area contributed by atoms with E-state index in [1.165, 1.54) is 5.56 Å². The Kier molecular flexibility index (Phi) is 7.92. The van der Waals surface area contributed by atoms with Crippen molar-refractivity contribution in [3.63, 3.8) is 0 Å². The van der Waals surface area contributed by atoms with Crippen LogP contribution in [0, 0.1) is 0 Å². The van der Waals surface area contributed by atoms with E-state index in [2.05, 4.69) is 43.2 Å². The van der Waals surface area contributed by atoms with Gasteiger partial charge in [0, 0.05) is 42.7 Å². The van der Waals surface area contributed by atoms with Crippen LogP contribution < -0.4 is 15.0 Å². The Labute approximate surface area is 241 Å². The highest BCUT2D eigenvalue weighted by atomic mass is 16.5. The minimum atomic E-state index is -0.363. The molecule has 1 aromatic heterocycles. The van der Waals surface area contributed by atoms with E-state index in [0.717, 1.165) is 22.4 Å². The van der Waals surface area contributed by atoms with Crippen molar-refractivity contribution in [3.05, 3.63) is 120 Å². The molecule has 208 valence electrons. The van der Waals surface area contributed by atoms with Crippen molar-refractivity contribution in [3.8, 4) is 28.5 Å². The number of amides is 1. The summed E-state index contributed by atoms with van der Waals surface area (Å²) < 4.78 is 12.2. The second-order valence-corrected chi connectivity index (χ2v) is 11.2. The number of hydrogen-bond acceptors (Lipinski definition) is 5. The van der Waals surface area contributed by atoms with Gasteiger partial charge in [0.1, 0.15) is 12.4 Å². The standard InChI is InChI=1S/C35H35N3O3/c1-35(2,3)27-18-14-26(15-19-27)34-37-31(32(41-34)25-16-20-29(21-17-25)38(4)5)33(39)36-28-12-9-13-30(22-28)40-23-24-10-7-6-8-11-24/h6-22H,23H2,1-5H3,(H,36,39). The van der Waals surface area contributed by atoms with Crippen LogP contribution in [-0.2, 0) is 12.0 Å². The summed E-state index contributed by atoms with van der Waals surface area (Å²) in [5.74, 6) is 1.10. The second kappa shape index (κ2) is 11.7. The summed E-state index contributed by atoms with van der Waals surface area (Å²) in [6.45, 7) is 6.96. The van der Waals surface area contributed by atoms with Crippen molar-refractivity contribution in [2.75, 3.05) is 24.3 Å². The Morgan fingerprint density at radius 2 is 1.54 bits per heavy atom. The maximum atomic E-state index is 13.6. The van der Waals surface area contributed by atoms with Gasteiger partial charge in [-0.05, 0) is 65.1 Å². The molecule has 0 saturated heterocycles. The summed E-state index contributed by atoms with van der Waals surface area (Å²) in [5, 5.41) is 2.98. The molecule has 4 aromatic carbocycles. The van der Waals surface area contributed by atoms with E-state index in [0.29, 0.717) is 29.7 Å². The third kappa shape index (κ3) is 6.67. The summed E-state index contributed by atoms with van der Waals surface area (Å²) in [6.07, 6.45) is 0. The molecule has 0 aliphatic rings. The highest BCUT2D eigenvalue weighted by Gasteiger charge is 2.23. The lowest BCUT2D eigenvalue weighted by Gasteiger charge is -2.18. The van der Waals surface area contributed by atoms with E-state index in [-0.39, 0.29) is 17.0 Å². The number of anilines is 2. The lowest BCUT2D eigenvalue weighted by molar-refractivity contribution is 0.102. The molecule has 5 aromatic rings. The molecule has 1 N–H and O–H groups in total. The number of ether oxygens (including phenoxy) is 1. The van der Waals surface area contributed by atoms with Crippen LogP contribution >= 0.6 is 0 Å². The van der Waals surface area contributed by atoms with Crippen molar-refractivity contribution in [2.24, 2.45) is 0 Å². The average Bonchev–Trinajstić information content (AvgIpc) is 3.42. The molecule has 5 rings (SSSR count). The molecule has 0 radical (unpaired) electrons. The van der Waals surface area contributed by atoms with Gasteiger partial charge in [0.25, 0.3) is 5.91 Å². The minimum absolute atomic E-state index is 0.0266. The number of carbonyl (C=O) groups is 1. The zero-order chi connectivity index (χ0) is 29.0. The van der Waals surface area contributed by atoms with E-state index in [9.17, 15) is 4.79 Å². The van der Waals surface area contributed by atoms with Crippen molar-refractivity contribution >= 4 is 17.3 Å². The largest absolute Gasteiger partial charge is 0.489 e. The highest BCUT2D eigenvalue weighted by Crippen LogP contribution is 2.33. The lowest BCUT2D eigenvalue weighted by atomic mass is 9.87. The van der Waals surface area contributed by atoms with E-state index in [4.69, 9.17) is 9.15 Å². The fourth-order valence-corrected chi connectivity index (χ4v) is 4.41. The molecule has 6 heteroatoms. The van der Waals surface area contributed by atoms with E-state index >= 15 is 0 Å². The minimum Gasteiger partial charge on any atom is -0.489 e. The Balaban J connectivity index is 1.43. The maximum absolute atomic E-state index is 13.6. The fraction of sp³-hybridized carbons (Fsp3) is 0.200. The van der Waals surface area contributed by atoms with Crippen LogP contribution in [0.2, 0.25) is 0 Å². The molecule has 0 aliphatic carbocycles. The van der Waals surface area contributed by atoms with Crippen LogP contribution in [0.15, 0.2) is 108 Å². The quantitative estimate of drug-likeness (QED) is 0.213. The van der Waals surface area contributed by atoms with E-state index in [1.807, 2.05) is 104 Å². The Morgan fingerprint density at radius 3 is 2.20 bits per heavy atom. The molecule has 1 heterocycles. The molecule has 0 bridgehead atoms. The summed E-state index contributed by atoms with van der Waals surface area (Å²) >= 11 is 0. The van der Waals surface area contributed by atoms with Crippen LogP contribution in [0.4, 0.5) is 11.4 Å². The summed E-state index contributed by atoms with van der Waals surface area (Å²) in [7, 11) is 3.97. The molecular weight excluding hydrogens is 510 g/mol. The molecule has 41 heavy (non-hydrogen) atoms. The zero-order valence-electron chi connectivity index (χ0n) is 24.1. The third-order valence-corrected chi connectivity index (χ3v) is 6.83. The summed E-state index contributed by atoms with van der Waals surface area (Å²) in [6, 6.07) is 33.3. The van der Waals surface area contributed by atoms with Gasteiger partial charge in [-0.1, -0.05) is 69.3 Å². The first-order chi connectivity index (χ1) is 19.7. The van der Waals surface area contributed by atoms with Gasteiger partial charge in [0.15, 0.2) is 11.5 Å². The first-order valence-corrected chi connectivity index (χ1v) is 13.6. The normalized spacial score (nSPS) is 11.2. The van der Waals surface area contributed by atoms with Crippen molar-refractivity contribution in [1.29, 1.82) is 0 Å². The van der Waals surface area contributed by atoms with Crippen molar-refractivity contribution in [2.45, 2.75) is 32.8 Å². The predicted octanol–water partition coefficient (Wildman–Crippen LogP) is 8.20. The van der Waals surface area contributed by atoms with Crippen LogP contribution in [0.25, 0.3) is 22.8 Å². The second-order valence-electron chi connectivity index (χ2n) is 11.2. The van der Waals surface area contributed by atoms with Gasteiger partial charge in [-0.2, -0.15) is 0 Å².